The summed E-state index contributed by atoms with van der Waals surface area (Å²) in [6.07, 6.45) is -4.61. The molecule has 1 saturated heterocycles. The highest BCUT2D eigenvalue weighted by Gasteiger charge is 2.42. The summed E-state index contributed by atoms with van der Waals surface area (Å²) in [4.78, 5) is 10.2. The van der Waals surface area contributed by atoms with Crippen molar-refractivity contribution >= 4 is 27.6 Å². The van der Waals surface area contributed by atoms with Gasteiger partial charge in [0.15, 0.2) is 0 Å². The molecule has 2 atom stereocenters. The van der Waals surface area contributed by atoms with Gasteiger partial charge < -0.3 is 5.11 Å². The van der Waals surface area contributed by atoms with Gasteiger partial charge in [0.1, 0.15) is 0 Å². The lowest BCUT2D eigenvalue weighted by atomic mass is 9.92. The van der Waals surface area contributed by atoms with Crippen LogP contribution in [0.5, 0.6) is 0 Å². The molecule has 24 heavy (non-hydrogen) atoms. The number of aliphatic carboxylic acids is 1. The maximum Gasteiger partial charge on any atom is 0.417 e. The van der Waals surface area contributed by atoms with E-state index in [0.717, 1.165) is 16.4 Å². The van der Waals surface area contributed by atoms with Crippen LogP contribution in [0, 0.1) is 11.8 Å². The Morgan fingerprint density at radius 2 is 1.96 bits per heavy atom. The Bertz CT molecular complexity index is 751. The molecule has 5 nitrogen and oxygen atoms in total. The molecule has 10 heteroatoms. The van der Waals surface area contributed by atoms with Crippen LogP contribution in [0.15, 0.2) is 23.1 Å². The largest absolute Gasteiger partial charge is 0.481 e. The van der Waals surface area contributed by atoms with Gasteiger partial charge in [-0.15, -0.1) is 0 Å². The molecule has 1 fully saturated rings. The minimum Gasteiger partial charge on any atom is -0.481 e. The third-order valence-corrected chi connectivity index (χ3v) is 5.95. The van der Waals surface area contributed by atoms with Crippen molar-refractivity contribution in [3.8, 4) is 0 Å². The van der Waals surface area contributed by atoms with Crippen LogP contribution in [-0.4, -0.2) is 36.9 Å². The SMILES string of the molecule is CC1CC(C(=O)O)CN(S(=O)(=O)c2cc(Cl)ccc2C(F)(F)F)C1. The zero-order chi connectivity index (χ0) is 18.3. The number of halogens is 4. The summed E-state index contributed by atoms with van der Waals surface area (Å²) >= 11 is 5.68. The molecule has 1 aliphatic rings. The minimum absolute atomic E-state index is 0.0457. The zero-order valence-electron chi connectivity index (χ0n) is 12.5. The maximum absolute atomic E-state index is 13.1. The first kappa shape index (κ1) is 19.0. The molecule has 0 aromatic heterocycles. The molecular formula is C14H15ClF3NO4S. The van der Waals surface area contributed by atoms with Crippen molar-refractivity contribution in [2.75, 3.05) is 13.1 Å². The Hall–Kier alpha value is -1.32. The Kier molecular flexibility index (Phi) is 5.17. The number of piperidine rings is 1. The van der Waals surface area contributed by atoms with Gasteiger partial charge in [0, 0.05) is 18.1 Å². The number of hydrogen-bond donors (Lipinski definition) is 1. The molecule has 0 aliphatic carbocycles. The third kappa shape index (κ3) is 3.84. The number of hydrogen-bond acceptors (Lipinski definition) is 3. The predicted molar refractivity (Wildman–Crippen MR) is 80.1 cm³/mol. The van der Waals surface area contributed by atoms with Gasteiger partial charge in [0.2, 0.25) is 10.0 Å². The second-order valence-electron chi connectivity index (χ2n) is 5.84. The molecule has 0 spiro atoms. The molecule has 1 heterocycles. The number of rotatable bonds is 3. The van der Waals surface area contributed by atoms with Gasteiger partial charge in [-0.1, -0.05) is 18.5 Å². The van der Waals surface area contributed by atoms with Crippen LogP contribution in [-0.2, 0) is 21.0 Å². The first-order valence-electron chi connectivity index (χ1n) is 7.02. The summed E-state index contributed by atoms with van der Waals surface area (Å²) in [5.74, 6) is -2.43. The number of nitrogens with zero attached hydrogens (tertiary/aromatic N) is 1. The van der Waals surface area contributed by atoms with Crippen LogP contribution in [0.3, 0.4) is 0 Å². The monoisotopic (exact) mass is 385 g/mol. The van der Waals surface area contributed by atoms with Crippen molar-refractivity contribution in [3.63, 3.8) is 0 Å². The second-order valence-corrected chi connectivity index (χ2v) is 8.18. The average Bonchev–Trinajstić information content (AvgIpc) is 2.45. The number of carbonyl (C=O) groups is 1. The Morgan fingerprint density at radius 1 is 1.33 bits per heavy atom. The number of carboxylic acids is 1. The summed E-state index contributed by atoms with van der Waals surface area (Å²) in [5.41, 5.74) is -1.32. The van der Waals surface area contributed by atoms with E-state index in [1.54, 1.807) is 6.92 Å². The highest BCUT2D eigenvalue weighted by molar-refractivity contribution is 7.89. The molecule has 0 amide bonds. The molecule has 1 aromatic carbocycles. The van der Waals surface area contributed by atoms with Crippen molar-refractivity contribution in [1.29, 1.82) is 0 Å². The molecule has 1 aliphatic heterocycles. The predicted octanol–water partition coefficient (Wildman–Crippen LogP) is 3.09. The van der Waals surface area contributed by atoms with E-state index in [-0.39, 0.29) is 30.5 Å². The quantitative estimate of drug-likeness (QED) is 0.867. The van der Waals surface area contributed by atoms with E-state index in [1.807, 2.05) is 0 Å². The van der Waals surface area contributed by atoms with Crippen LogP contribution >= 0.6 is 11.6 Å². The van der Waals surface area contributed by atoms with E-state index in [1.165, 1.54) is 0 Å². The molecule has 0 bridgehead atoms. The summed E-state index contributed by atoms with van der Waals surface area (Å²) in [7, 11) is -4.53. The summed E-state index contributed by atoms with van der Waals surface area (Å²) < 4.78 is 65.6. The Balaban J connectivity index is 2.51. The average molecular weight is 386 g/mol. The normalized spacial score (nSPS) is 23.2. The number of benzene rings is 1. The number of sulfonamides is 1. The van der Waals surface area contributed by atoms with Crippen LogP contribution in [0.2, 0.25) is 5.02 Å². The molecule has 1 aromatic rings. The first-order chi connectivity index (χ1) is 10.9. The van der Waals surface area contributed by atoms with E-state index in [4.69, 9.17) is 16.7 Å². The lowest BCUT2D eigenvalue weighted by molar-refractivity contribution is -0.143. The van der Waals surface area contributed by atoms with Crippen molar-refractivity contribution < 1.29 is 31.5 Å². The Labute approximate surface area is 142 Å². The molecule has 0 saturated carbocycles. The maximum atomic E-state index is 13.1. The van der Waals surface area contributed by atoms with E-state index in [9.17, 15) is 26.4 Å². The summed E-state index contributed by atoms with van der Waals surface area (Å²) in [6, 6.07) is 2.31. The second kappa shape index (κ2) is 6.53. The van der Waals surface area contributed by atoms with E-state index in [0.29, 0.717) is 6.07 Å². The van der Waals surface area contributed by atoms with Gasteiger partial charge in [-0.05, 0) is 30.5 Å². The topological polar surface area (TPSA) is 74.7 Å². The van der Waals surface area contributed by atoms with E-state index in [2.05, 4.69) is 0 Å². The van der Waals surface area contributed by atoms with Gasteiger partial charge in [-0.2, -0.15) is 17.5 Å². The third-order valence-electron chi connectivity index (χ3n) is 3.84. The van der Waals surface area contributed by atoms with Crippen LogP contribution < -0.4 is 0 Å². The van der Waals surface area contributed by atoms with E-state index >= 15 is 0 Å². The van der Waals surface area contributed by atoms with Crippen LogP contribution in [0.4, 0.5) is 13.2 Å². The van der Waals surface area contributed by atoms with Crippen LogP contribution in [0.1, 0.15) is 18.9 Å². The lowest BCUT2D eigenvalue weighted by Gasteiger charge is -2.34. The van der Waals surface area contributed by atoms with Crippen LogP contribution in [0.25, 0.3) is 0 Å². The standard InChI is InChI=1S/C14H15ClF3NO4S/c1-8-4-9(13(20)21)7-19(6-8)24(22,23)12-5-10(15)2-3-11(12)14(16,17)18/h2-3,5,8-9H,4,6-7H2,1H3,(H,20,21). The fraction of sp³-hybridized carbons (Fsp3) is 0.500. The number of alkyl halides is 3. The molecule has 2 unspecified atom stereocenters. The lowest BCUT2D eigenvalue weighted by Crippen LogP contribution is -2.45. The molecular weight excluding hydrogens is 371 g/mol. The molecule has 134 valence electrons. The van der Waals surface area contributed by atoms with Gasteiger partial charge in [0.25, 0.3) is 0 Å². The smallest absolute Gasteiger partial charge is 0.417 e. The fourth-order valence-electron chi connectivity index (χ4n) is 2.76. The van der Waals surface area contributed by atoms with Crippen molar-refractivity contribution in [3.05, 3.63) is 28.8 Å². The number of carboxylic acid groups (broad SMARTS) is 1. The molecule has 2 rings (SSSR count). The van der Waals surface area contributed by atoms with Gasteiger partial charge in [-0.3, -0.25) is 4.79 Å². The molecule has 0 radical (unpaired) electrons. The van der Waals surface area contributed by atoms with E-state index < -0.39 is 38.5 Å². The highest BCUT2D eigenvalue weighted by atomic mass is 35.5. The minimum atomic E-state index is -4.87. The van der Waals surface area contributed by atoms with Gasteiger partial charge in [-0.25, -0.2) is 8.42 Å². The molecule has 1 N–H and O–H groups in total. The van der Waals surface area contributed by atoms with Gasteiger partial charge >= 0.3 is 12.1 Å². The summed E-state index contributed by atoms with van der Waals surface area (Å²) in [5, 5.41) is 8.96. The van der Waals surface area contributed by atoms with Gasteiger partial charge in [0.05, 0.1) is 16.4 Å². The van der Waals surface area contributed by atoms with Crippen molar-refractivity contribution in [1.82, 2.24) is 4.31 Å². The summed E-state index contributed by atoms with van der Waals surface area (Å²) in [6.45, 7) is 1.24. The zero-order valence-corrected chi connectivity index (χ0v) is 14.1. The first-order valence-corrected chi connectivity index (χ1v) is 8.84. The van der Waals surface area contributed by atoms with Crippen molar-refractivity contribution in [2.24, 2.45) is 11.8 Å². The Morgan fingerprint density at radius 3 is 2.50 bits per heavy atom. The fourth-order valence-corrected chi connectivity index (χ4v) is 4.84. The highest BCUT2D eigenvalue weighted by Crippen LogP contribution is 2.38. The van der Waals surface area contributed by atoms with Crippen molar-refractivity contribution in [2.45, 2.75) is 24.4 Å².